The Morgan fingerprint density at radius 2 is 2.03 bits per heavy atom. The van der Waals surface area contributed by atoms with E-state index in [1.165, 1.54) is 11.3 Å². The number of benzene rings is 2. The van der Waals surface area contributed by atoms with E-state index in [2.05, 4.69) is 36.0 Å². The summed E-state index contributed by atoms with van der Waals surface area (Å²) in [5.41, 5.74) is 2.14. The van der Waals surface area contributed by atoms with Gasteiger partial charge >= 0.3 is 0 Å². The number of fused-ring (bicyclic) bond motifs is 2. The minimum Gasteiger partial charge on any atom is -0.482 e. The Morgan fingerprint density at radius 3 is 2.94 bits per heavy atom. The van der Waals surface area contributed by atoms with Crippen molar-refractivity contribution in [3.05, 3.63) is 52.8 Å². The molecule has 0 unspecified atom stereocenters. The molecule has 0 saturated heterocycles. The summed E-state index contributed by atoms with van der Waals surface area (Å²) in [5, 5.41) is 11.7. The minimum absolute atomic E-state index is 0.0930. The summed E-state index contributed by atoms with van der Waals surface area (Å²) in [7, 11) is 0. The molecule has 0 radical (unpaired) electrons. The smallest absolute Gasteiger partial charge is 0.265 e. The predicted octanol–water partition coefficient (Wildman–Crippen LogP) is 3.80. The number of aromatic nitrogens is 3. The van der Waals surface area contributed by atoms with Crippen molar-refractivity contribution < 1.29 is 14.3 Å². The van der Waals surface area contributed by atoms with Gasteiger partial charge in [-0.15, -0.1) is 10.2 Å². The van der Waals surface area contributed by atoms with E-state index in [4.69, 9.17) is 4.74 Å². The third-order valence-corrected chi connectivity index (χ3v) is 6.17. The van der Waals surface area contributed by atoms with Gasteiger partial charge in [-0.05, 0) is 43.2 Å². The molecule has 5 rings (SSSR count). The minimum atomic E-state index is -0.286. The number of amides is 2. The van der Waals surface area contributed by atoms with Crippen LogP contribution in [0.4, 0.5) is 11.4 Å². The van der Waals surface area contributed by atoms with Crippen molar-refractivity contribution >= 4 is 39.1 Å². The standard InChI is InChI=1S/C23H22BrN5O3/c24-16-8-9-18-19(12-16)32-14-22(31)29(18)13-21(30)25-17-6-4-5-15(11-17)23-27-26-20-7-2-1-3-10-28(20)23/h4-6,8-9,11-12H,1-3,7,10,13-14H2,(H,25,30). The molecule has 0 aliphatic carbocycles. The number of nitrogens with zero attached hydrogens (tertiary/aromatic N) is 4. The zero-order chi connectivity index (χ0) is 22.1. The fourth-order valence-corrected chi connectivity index (χ4v) is 4.47. The van der Waals surface area contributed by atoms with E-state index in [0.29, 0.717) is 17.1 Å². The van der Waals surface area contributed by atoms with Crippen LogP contribution >= 0.6 is 15.9 Å². The number of aryl methyl sites for hydroxylation is 1. The number of nitrogens with one attached hydrogen (secondary N) is 1. The van der Waals surface area contributed by atoms with Gasteiger partial charge in [0.15, 0.2) is 12.4 Å². The van der Waals surface area contributed by atoms with E-state index >= 15 is 0 Å². The number of ether oxygens (including phenoxy) is 1. The number of hydrogen-bond acceptors (Lipinski definition) is 5. The second kappa shape index (κ2) is 8.74. The molecule has 2 aliphatic heterocycles. The molecule has 0 saturated carbocycles. The van der Waals surface area contributed by atoms with Gasteiger partial charge in [-0.1, -0.05) is 34.5 Å². The van der Waals surface area contributed by atoms with Gasteiger partial charge in [-0.2, -0.15) is 0 Å². The number of carbonyl (C=O) groups is 2. The molecule has 3 aromatic rings. The Balaban J connectivity index is 1.33. The highest BCUT2D eigenvalue weighted by molar-refractivity contribution is 9.10. The maximum Gasteiger partial charge on any atom is 0.265 e. The van der Waals surface area contributed by atoms with Crippen LogP contribution in [0.25, 0.3) is 11.4 Å². The van der Waals surface area contributed by atoms with E-state index in [-0.39, 0.29) is 25.0 Å². The SMILES string of the molecule is O=C(CN1C(=O)COc2cc(Br)ccc21)Nc1cccc(-c2nnc3n2CCCCC3)c1. The fourth-order valence-electron chi connectivity index (χ4n) is 4.13. The Bertz CT molecular complexity index is 1190. The van der Waals surface area contributed by atoms with Crippen molar-refractivity contribution in [3.8, 4) is 17.1 Å². The second-order valence-electron chi connectivity index (χ2n) is 7.91. The molecule has 2 amide bonds. The average molecular weight is 496 g/mol. The van der Waals surface area contributed by atoms with Crippen LogP contribution in [0.1, 0.15) is 25.1 Å². The molecule has 164 valence electrons. The molecule has 3 heterocycles. The number of anilines is 2. The Kier molecular flexibility index (Phi) is 5.65. The van der Waals surface area contributed by atoms with E-state index in [1.807, 2.05) is 30.3 Å². The summed E-state index contributed by atoms with van der Waals surface area (Å²) in [6.07, 6.45) is 4.38. The van der Waals surface area contributed by atoms with Gasteiger partial charge < -0.3 is 14.6 Å². The van der Waals surface area contributed by atoms with Crippen LogP contribution in [-0.2, 0) is 22.6 Å². The topological polar surface area (TPSA) is 89.3 Å². The Labute approximate surface area is 193 Å². The first-order valence-corrected chi connectivity index (χ1v) is 11.4. The highest BCUT2D eigenvalue weighted by Crippen LogP contribution is 2.34. The van der Waals surface area contributed by atoms with Crippen molar-refractivity contribution in [1.82, 2.24) is 14.8 Å². The van der Waals surface area contributed by atoms with Gasteiger partial charge in [-0.25, -0.2) is 0 Å². The number of carbonyl (C=O) groups excluding carboxylic acids is 2. The van der Waals surface area contributed by atoms with Crippen molar-refractivity contribution in [2.24, 2.45) is 0 Å². The third kappa shape index (κ3) is 4.12. The molecule has 0 fully saturated rings. The first-order valence-electron chi connectivity index (χ1n) is 10.6. The molecule has 0 atom stereocenters. The van der Waals surface area contributed by atoms with Crippen molar-refractivity contribution in [2.75, 3.05) is 23.4 Å². The largest absolute Gasteiger partial charge is 0.482 e. The zero-order valence-electron chi connectivity index (χ0n) is 17.4. The number of hydrogen-bond donors (Lipinski definition) is 1. The van der Waals surface area contributed by atoms with Gasteiger partial charge in [0.1, 0.15) is 18.1 Å². The average Bonchev–Trinajstić information content (AvgIpc) is 3.04. The van der Waals surface area contributed by atoms with Crippen molar-refractivity contribution in [1.29, 1.82) is 0 Å². The summed E-state index contributed by atoms with van der Waals surface area (Å²) in [6, 6.07) is 12.9. The third-order valence-electron chi connectivity index (χ3n) is 5.68. The second-order valence-corrected chi connectivity index (χ2v) is 8.83. The van der Waals surface area contributed by atoms with Crippen molar-refractivity contribution in [2.45, 2.75) is 32.2 Å². The molecule has 1 aromatic heterocycles. The van der Waals surface area contributed by atoms with Crippen LogP contribution in [0.3, 0.4) is 0 Å². The van der Waals surface area contributed by atoms with Crippen LogP contribution in [0.5, 0.6) is 5.75 Å². The first kappa shape index (κ1) is 20.7. The number of halogens is 1. The van der Waals surface area contributed by atoms with Crippen LogP contribution in [0.2, 0.25) is 0 Å². The summed E-state index contributed by atoms with van der Waals surface area (Å²) >= 11 is 3.40. The monoisotopic (exact) mass is 495 g/mol. The summed E-state index contributed by atoms with van der Waals surface area (Å²) in [6.45, 7) is 0.717. The lowest BCUT2D eigenvalue weighted by Gasteiger charge is -2.29. The quantitative estimate of drug-likeness (QED) is 0.594. The Hall–Kier alpha value is -3.20. The lowest BCUT2D eigenvalue weighted by Crippen LogP contribution is -2.43. The number of rotatable bonds is 4. The summed E-state index contributed by atoms with van der Waals surface area (Å²) in [5.74, 6) is 1.87. The molecule has 2 aliphatic rings. The molecular weight excluding hydrogens is 474 g/mol. The van der Waals surface area contributed by atoms with E-state index < -0.39 is 0 Å². The molecule has 0 spiro atoms. The summed E-state index contributed by atoms with van der Waals surface area (Å²) < 4.78 is 8.51. The van der Waals surface area contributed by atoms with E-state index in [0.717, 1.165) is 47.5 Å². The molecule has 0 bridgehead atoms. The normalized spacial score (nSPS) is 15.4. The van der Waals surface area contributed by atoms with Crippen LogP contribution < -0.4 is 15.0 Å². The lowest BCUT2D eigenvalue weighted by atomic mass is 10.2. The lowest BCUT2D eigenvalue weighted by molar-refractivity contribution is -0.123. The van der Waals surface area contributed by atoms with E-state index in [1.54, 1.807) is 12.1 Å². The molecule has 8 nitrogen and oxygen atoms in total. The van der Waals surface area contributed by atoms with Crippen LogP contribution in [-0.4, -0.2) is 39.7 Å². The summed E-state index contributed by atoms with van der Waals surface area (Å²) in [4.78, 5) is 26.6. The van der Waals surface area contributed by atoms with Crippen LogP contribution in [0.15, 0.2) is 46.9 Å². The maximum absolute atomic E-state index is 12.8. The molecule has 2 aromatic carbocycles. The van der Waals surface area contributed by atoms with Gasteiger partial charge in [0.05, 0.1) is 5.69 Å². The molecular formula is C23H22BrN5O3. The predicted molar refractivity (Wildman–Crippen MR) is 124 cm³/mol. The highest BCUT2D eigenvalue weighted by atomic mass is 79.9. The van der Waals surface area contributed by atoms with Gasteiger partial charge in [-0.3, -0.25) is 14.5 Å². The molecule has 32 heavy (non-hydrogen) atoms. The highest BCUT2D eigenvalue weighted by Gasteiger charge is 2.27. The van der Waals surface area contributed by atoms with Gasteiger partial charge in [0.25, 0.3) is 5.91 Å². The molecule has 1 N–H and O–H groups in total. The zero-order valence-corrected chi connectivity index (χ0v) is 19.0. The van der Waals surface area contributed by atoms with Gasteiger partial charge in [0.2, 0.25) is 5.91 Å². The van der Waals surface area contributed by atoms with Crippen molar-refractivity contribution in [3.63, 3.8) is 0 Å². The fraction of sp³-hybridized carbons (Fsp3) is 0.304. The maximum atomic E-state index is 12.8. The Morgan fingerprint density at radius 1 is 1.12 bits per heavy atom. The van der Waals surface area contributed by atoms with E-state index in [9.17, 15) is 9.59 Å². The molecule has 9 heteroatoms. The first-order chi connectivity index (χ1) is 15.6. The van der Waals surface area contributed by atoms with Gasteiger partial charge in [0, 0.05) is 28.7 Å². The van der Waals surface area contributed by atoms with Crippen LogP contribution in [0, 0.1) is 0 Å².